The Hall–Kier alpha value is -1.58. The van der Waals surface area contributed by atoms with E-state index in [4.69, 9.17) is 4.74 Å². The lowest BCUT2D eigenvalue weighted by Gasteiger charge is -2.25. The number of aliphatic hydroxyl groups excluding tert-OH is 1. The lowest BCUT2D eigenvalue weighted by Crippen LogP contribution is -2.34. The van der Waals surface area contributed by atoms with Gasteiger partial charge in [0, 0.05) is 12.2 Å². The highest BCUT2D eigenvalue weighted by Crippen LogP contribution is 2.30. The van der Waals surface area contributed by atoms with Gasteiger partial charge in [-0.15, -0.1) is 0 Å². The number of ether oxygens (including phenoxy) is 1. The molecule has 1 aliphatic rings. The molecule has 3 nitrogen and oxygen atoms in total. The van der Waals surface area contributed by atoms with Crippen LogP contribution in [0.1, 0.15) is 18.4 Å². The molecular weight excluding hydrogens is 250 g/mol. The molecule has 3 rings (SSSR count). The van der Waals surface area contributed by atoms with Crippen LogP contribution in [0.15, 0.2) is 36.4 Å². The first-order chi connectivity index (χ1) is 9.88. The third kappa shape index (κ3) is 2.79. The van der Waals surface area contributed by atoms with Gasteiger partial charge in [-0.3, -0.25) is 0 Å². The van der Waals surface area contributed by atoms with Crippen molar-refractivity contribution in [1.29, 1.82) is 0 Å². The highest BCUT2D eigenvalue weighted by molar-refractivity contribution is 5.87. The Morgan fingerprint density at radius 3 is 2.70 bits per heavy atom. The van der Waals surface area contributed by atoms with Crippen molar-refractivity contribution >= 4 is 10.8 Å². The van der Waals surface area contributed by atoms with Gasteiger partial charge >= 0.3 is 0 Å². The largest absolute Gasteiger partial charge is 0.490 e. The van der Waals surface area contributed by atoms with E-state index in [-0.39, 0.29) is 12.7 Å². The second-order valence-electron chi connectivity index (χ2n) is 5.30. The number of benzene rings is 2. The molecule has 2 N–H and O–H groups in total. The molecule has 0 saturated carbocycles. The summed E-state index contributed by atoms with van der Waals surface area (Å²) < 4.78 is 6.20. The topological polar surface area (TPSA) is 41.5 Å². The molecule has 1 heterocycles. The zero-order chi connectivity index (χ0) is 13.8. The van der Waals surface area contributed by atoms with Gasteiger partial charge < -0.3 is 15.2 Å². The van der Waals surface area contributed by atoms with Gasteiger partial charge in [-0.05, 0) is 49.2 Å². The molecule has 0 amide bonds. The van der Waals surface area contributed by atoms with Gasteiger partial charge in [0.1, 0.15) is 11.9 Å². The number of fused-ring (bicyclic) bond motifs is 1. The Balaban J connectivity index is 1.94. The maximum Gasteiger partial charge on any atom is 0.123 e. The van der Waals surface area contributed by atoms with Crippen molar-refractivity contribution in [1.82, 2.24) is 5.32 Å². The van der Waals surface area contributed by atoms with E-state index >= 15 is 0 Å². The van der Waals surface area contributed by atoms with Crippen LogP contribution < -0.4 is 10.1 Å². The van der Waals surface area contributed by atoms with E-state index in [2.05, 4.69) is 29.6 Å². The summed E-state index contributed by atoms with van der Waals surface area (Å²) in [6, 6.07) is 12.4. The van der Waals surface area contributed by atoms with Crippen LogP contribution in [-0.4, -0.2) is 30.9 Å². The number of rotatable bonds is 4. The van der Waals surface area contributed by atoms with Crippen LogP contribution in [0.2, 0.25) is 0 Å². The number of aliphatic hydroxyl groups is 1. The highest BCUT2D eigenvalue weighted by atomic mass is 16.5. The first-order valence-corrected chi connectivity index (χ1v) is 7.37. The van der Waals surface area contributed by atoms with Gasteiger partial charge in [0.2, 0.25) is 0 Å². The van der Waals surface area contributed by atoms with Crippen molar-refractivity contribution in [3.8, 4) is 5.75 Å². The van der Waals surface area contributed by atoms with Gasteiger partial charge in [-0.1, -0.05) is 30.3 Å². The standard InChI is InChI=1S/C17H21NO2/c19-12-9-16-15-4-2-1-3-13(15)5-6-17(16)20-14-7-10-18-11-8-14/h1-6,14,18-19H,7-12H2. The van der Waals surface area contributed by atoms with Crippen LogP contribution in [0.5, 0.6) is 5.75 Å². The lowest BCUT2D eigenvalue weighted by atomic mass is 10.0. The van der Waals surface area contributed by atoms with E-state index in [9.17, 15) is 5.11 Å². The maximum atomic E-state index is 9.34. The number of hydrogen-bond donors (Lipinski definition) is 2. The predicted octanol–water partition coefficient (Wildman–Crippen LogP) is 2.51. The fourth-order valence-electron chi connectivity index (χ4n) is 2.89. The Morgan fingerprint density at radius 2 is 1.90 bits per heavy atom. The van der Waals surface area contributed by atoms with E-state index in [1.807, 2.05) is 12.1 Å². The quantitative estimate of drug-likeness (QED) is 0.898. The Labute approximate surface area is 119 Å². The molecule has 1 saturated heterocycles. The van der Waals surface area contributed by atoms with Crippen molar-refractivity contribution < 1.29 is 9.84 Å². The minimum Gasteiger partial charge on any atom is -0.490 e. The number of nitrogens with one attached hydrogen (secondary N) is 1. The maximum absolute atomic E-state index is 9.34. The predicted molar refractivity (Wildman–Crippen MR) is 81.3 cm³/mol. The van der Waals surface area contributed by atoms with E-state index < -0.39 is 0 Å². The summed E-state index contributed by atoms with van der Waals surface area (Å²) in [6.07, 6.45) is 3.02. The fraction of sp³-hybridized carbons (Fsp3) is 0.412. The summed E-state index contributed by atoms with van der Waals surface area (Å²) in [5, 5.41) is 15.1. The average molecular weight is 271 g/mol. The van der Waals surface area contributed by atoms with Crippen molar-refractivity contribution in [3.05, 3.63) is 42.0 Å². The summed E-state index contributed by atoms with van der Waals surface area (Å²) in [6.45, 7) is 2.19. The van der Waals surface area contributed by atoms with E-state index in [1.165, 1.54) is 10.8 Å². The van der Waals surface area contributed by atoms with Crippen LogP contribution in [0.4, 0.5) is 0 Å². The minimum absolute atomic E-state index is 0.149. The molecule has 0 spiro atoms. The molecule has 0 bridgehead atoms. The summed E-state index contributed by atoms with van der Waals surface area (Å²) >= 11 is 0. The molecule has 1 fully saturated rings. The van der Waals surface area contributed by atoms with Crippen molar-refractivity contribution in [3.63, 3.8) is 0 Å². The SMILES string of the molecule is OCCc1c(OC2CCNCC2)ccc2ccccc12. The molecule has 2 aromatic rings. The molecule has 106 valence electrons. The molecule has 0 aromatic heterocycles. The Bertz CT molecular complexity index is 576. The zero-order valence-corrected chi connectivity index (χ0v) is 11.6. The Morgan fingerprint density at radius 1 is 1.10 bits per heavy atom. The summed E-state index contributed by atoms with van der Waals surface area (Å²) in [5.74, 6) is 0.935. The number of piperidine rings is 1. The third-order valence-corrected chi connectivity index (χ3v) is 3.94. The molecular formula is C17H21NO2. The third-order valence-electron chi connectivity index (χ3n) is 3.94. The smallest absolute Gasteiger partial charge is 0.123 e. The van der Waals surface area contributed by atoms with Crippen LogP contribution >= 0.6 is 0 Å². The second-order valence-corrected chi connectivity index (χ2v) is 5.30. The van der Waals surface area contributed by atoms with Crippen molar-refractivity contribution in [2.45, 2.75) is 25.4 Å². The van der Waals surface area contributed by atoms with Gasteiger partial charge in [-0.2, -0.15) is 0 Å². The molecule has 0 atom stereocenters. The Kier molecular flexibility index (Phi) is 4.19. The second kappa shape index (κ2) is 6.25. The van der Waals surface area contributed by atoms with E-state index in [0.29, 0.717) is 6.42 Å². The first kappa shape index (κ1) is 13.4. The van der Waals surface area contributed by atoms with Crippen molar-refractivity contribution in [2.24, 2.45) is 0 Å². The molecule has 0 aliphatic carbocycles. The number of hydrogen-bond acceptors (Lipinski definition) is 3. The van der Waals surface area contributed by atoms with E-state index in [0.717, 1.165) is 37.2 Å². The normalized spacial score (nSPS) is 16.4. The van der Waals surface area contributed by atoms with E-state index in [1.54, 1.807) is 0 Å². The summed E-state index contributed by atoms with van der Waals surface area (Å²) in [4.78, 5) is 0. The molecule has 0 unspecified atom stereocenters. The van der Waals surface area contributed by atoms with Crippen LogP contribution in [0.25, 0.3) is 10.8 Å². The van der Waals surface area contributed by atoms with Gasteiger partial charge in [0.05, 0.1) is 0 Å². The van der Waals surface area contributed by atoms with Crippen LogP contribution in [-0.2, 0) is 6.42 Å². The van der Waals surface area contributed by atoms with Crippen LogP contribution in [0, 0.1) is 0 Å². The van der Waals surface area contributed by atoms with Crippen LogP contribution in [0.3, 0.4) is 0 Å². The minimum atomic E-state index is 0.149. The monoisotopic (exact) mass is 271 g/mol. The zero-order valence-electron chi connectivity index (χ0n) is 11.6. The summed E-state index contributed by atoms with van der Waals surface area (Å²) in [5.41, 5.74) is 1.13. The van der Waals surface area contributed by atoms with Gasteiger partial charge in [-0.25, -0.2) is 0 Å². The first-order valence-electron chi connectivity index (χ1n) is 7.37. The lowest BCUT2D eigenvalue weighted by molar-refractivity contribution is 0.160. The molecule has 20 heavy (non-hydrogen) atoms. The van der Waals surface area contributed by atoms with Crippen molar-refractivity contribution in [2.75, 3.05) is 19.7 Å². The average Bonchev–Trinajstić information content (AvgIpc) is 2.51. The molecule has 2 aromatic carbocycles. The fourth-order valence-corrected chi connectivity index (χ4v) is 2.89. The summed E-state index contributed by atoms with van der Waals surface area (Å²) in [7, 11) is 0. The van der Waals surface area contributed by atoms with Gasteiger partial charge in [0.15, 0.2) is 0 Å². The van der Waals surface area contributed by atoms with Gasteiger partial charge in [0.25, 0.3) is 0 Å². The highest BCUT2D eigenvalue weighted by Gasteiger charge is 2.17. The molecule has 0 radical (unpaired) electrons. The molecule has 1 aliphatic heterocycles. The molecule has 3 heteroatoms.